The number of rotatable bonds is 8. The summed E-state index contributed by atoms with van der Waals surface area (Å²) in [5, 5.41) is 19.7. The predicted octanol–water partition coefficient (Wildman–Crippen LogP) is 2.64. The Balaban J connectivity index is 2.88. The summed E-state index contributed by atoms with van der Waals surface area (Å²) in [6.07, 6.45) is 0.903. The topological polar surface area (TPSA) is 127 Å². The molecule has 0 spiro atoms. The zero-order valence-corrected chi connectivity index (χ0v) is 15.3. The van der Waals surface area contributed by atoms with E-state index in [2.05, 4.69) is 0 Å². The smallest absolute Gasteiger partial charge is 0.311 e. The van der Waals surface area contributed by atoms with Crippen LogP contribution in [0.5, 0.6) is 0 Å². The Morgan fingerprint density at radius 3 is 1.35 bits per heavy atom. The molecule has 0 radical (unpaired) electrons. The largest absolute Gasteiger partial charge is 0.501 e. The van der Waals surface area contributed by atoms with Gasteiger partial charge in [-0.25, -0.2) is 0 Å². The summed E-state index contributed by atoms with van der Waals surface area (Å²) in [6, 6.07) is 0. The van der Waals surface area contributed by atoms with E-state index in [1.807, 2.05) is 27.7 Å². The monoisotopic (exact) mass is 368 g/mol. The Kier molecular flexibility index (Phi) is 7.55. The van der Waals surface area contributed by atoms with Gasteiger partial charge in [0.05, 0.1) is 0 Å². The van der Waals surface area contributed by atoms with Gasteiger partial charge in [0.15, 0.2) is 0 Å². The number of hydrogen-bond donors (Lipinski definition) is 2. The first kappa shape index (κ1) is 21.4. The van der Waals surface area contributed by atoms with Crippen molar-refractivity contribution in [1.29, 1.82) is 0 Å². The molecular formula is C18H24O8. The summed E-state index contributed by atoms with van der Waals surface area (Å²) in [6.45, 7) is 7.53. The fourth-order valence-corrected chi connectivity index (χ4v) is 1.97. The number of carbonyl (C=O) groups excluding carboxylic acids is 4. The number of Topliss-reactive ketones (excluding diaryl/α,β-unsaturated/α-hetero) is 2. The summed E-state index contributed by atoms with van der Waals surface area (Å²) >= 11 is 0. The van der Waals surface area contributed by atoms with E-state index in [1.165, 1.54) is 0 Å². The molecule has 8 nitrogen and oxygen atoms in total. The highest BCUT2D eigenvalue weighted by atomic mass is 16.6. The first-order valence-electron chi connectivity index (χ1n) is 8.41. The normalized spacial score (nSPS) is 15.2. The van der Waals surface area contributed by atoms with Crippen LogP contribution in [0.25, 0.3) is 0 Å². The van der Waals surface area contributed by atoms with Crippen molar-refractivity contribution in [2.24, 2.45) is 11.8 Å². The molecule has 0 aromatic heterocycles. The highest BCUT2D eigenvalue weighted by Gasteiger charge is 2.40. The molecule has 0 amide bonds. The van der Waals surface area contributed by atoms with Crippen molar-refractivity contribution in [1.82, 2.24) is 0 Å². The Morgan fingerprint density at radius 1 is 0.769 bits per heavy atom. The van der Waals surface area contributed by atoms with Crippen molar-refractivity contribution in [3.63, 3.8) is 0 Å². The number of ketones is 2. The quantitative estimate of drug-likeness (QED) is 0.494. The lowest BCUT2D eigenvalue weighted by Crippen LogP contribution is -2.29. The highest BCUT2D eigenvalue weighted by molar-refractivity contribution is 6.22. The molecule has 8 heteroatoms. The second-order valence-corrected chi connectivity index (χ2v) is 6.83. The van der Waals surface area contributed by atoms with Crippen molar-refractivity contribution in [3.8, 4) is 0 Å². The van der Waals surface area contributed by atoms with Crippen LogP contribution < -0.4 is 0 Å². The summed E-state index contributed by atoms with van der Waals surface area (Å²) in [5.41, 5.74) is 0. The lowest BCUT2D eigenvalue weighted by Gasteiger charge is -2.17. The lowest BCUT2D eigenvalue weighted by atomic mass is 10.0. The number of ether oxygens (including phenoxy) is 2. The van der Waals surface area contributed by atoms with Crippen LogP contribution in [0.3, 0.4) is 0 Å². The average molecular weight is 368 g/mol. The van der Waals surface area contributed by atoms with Gasteiger partial charge >= 0.3 is 11.9 Å². The molecule has 1 aliphatic carbocycles. The first-order valence-corrected chi connectivity index (χ1v) is 8.41. The zero-order chi connectivity index (χ0) is 20.0. The van der Waals surface area contributed by atoms with Gasteiger partial charge in [-0.05, 0) is 24.7 Å². The second-order valence-electron chi connectivity index (χ2n) is 6.83. The number of hydrogen-bond acceptors (Lipinski definition) is 8. The van der Waals surface area contributed by atoms with Crippen LogP contribution in [0.1, 0.15) is 53.4 Å². The predicted molar refractivity (Wildman–Crippen MR) is 89.7 cm³/mol. The Morgan fingerprint density at radius 2 is 1.08 bits per heavy atom. The summed E-state index contributed by atoms with van der Waals surface area (Å²) in [5.74, 6) is -8.14. The molecule has 26 heavy (non-hydrogen) atoms. The van der Waals surface area contributed by atoms with E-state index in [0.717, 1.165) is 0 Å². The van der Waals surface area contributed by atoms with Gasteiger partial charge in [0, 0.05) is 12.8 Å². The van der Waals surface area contributed by atoms with Crippen LogP contribution in [0.2, 0.25) is 0 Å². The van der Waals surface area contributed by atoms with Gasteiger partial charge < -0.3 is 19.7 Å². The van der Waals surface area contributed by atoms with Crippen LogP contribution >= 0.6 is 0 Å². The molecule has 1 rings (SSSR count). The van der Waals surface area contributed by atoms with E-state index in [9.17, 15) is 29.4 Å². The van der Waals surface area contributed by atoms with Crippen LogP contribution in [-0.4, -0.2) is 33.7 Å². The van der Waals surface area contributed by atoms with E-state index < -0.39 is 46.5 Å². The fraction of sp³-hybridized carbons (Fsp3) is 0.556. The van der Waals surface area contributed by atoms with E-state index in [0.29, 0.717) is 12.8 Å². The average Bonchev–Trinajstić information content (AvgIpc) is 2.57. The van der Waals surface area contributed by atoms with Gasteiger partial charge in [0.25, 0.3) is 11.6 Å². The van der Waals surface area contributed by atoms with E-state index in [-0.39, 0.29) is 24.7 Å². The van der Waals surface area contributed by atoms with Crippen molar-refractivity contribution < 1.29 is 38.9 Å². The summed E-state index contributed by atoms with van der Waals surface area (Å²) in [4.78, 5) is 47.6. The maximum Gasteiger partial charge on any atom is 0.311 e. The molecule has 1 aliphatic rings. The van der Waals surface area contributed by atoms with Gasteiger partial charge in [0.2, 0.25) is 23.0 Å². The lowest BCUT2D eigenvalue weighted by molar-refractivity contribution is -0.146. The molecule has 0 heterocycles. The van der Waals surface area contributed by atoms with Crippen molar-refractivity contribution in [2.45, 2.75) is 53.4 Å². The SMILES string of the molecule is CC(C)CCC(=O)OC1=C(O)C(=O)C(OC(=O)CCC(C)C)=C(O)C1=O. The summed E-state index contributed by atoms with van der Waals surface area (Å²) < 4.78 is 9.45. The van der Waals surface area contributed by atoms with Gasteiger partial charge in [-0.1, -0.05) is 27.7 Å². The first-order chi connectivity index (χ1) is 12.0. The number of aliphatic hydroxyl groups excluding tert-OH is 2. The van der Waals surface area contributed by atoms with Gasteiger partial charge in [-0.2, -0.15) is 0 Å². The molecule has 0 aromatic carbocycles. The van der Waals surface area contributed by atoms with Gasteiger partial charge in [-0.3, -0.25) is 19.2 Å². The molecule has 2 N–H and O–H groups in total. The van der Waals surface area contributed by atoms with E-state index in [4.69, 9.17) is 9.47 Å². The molecule has 0 bridgehead atoms. The standard InChI is InChI=1S/C18H24O8/c1-9(2)5-7-11(19)25-17-13(21)15(23)18(16(24)14(17)22)26-12(20)8-6-10(3)4/h9-10,21,24H,5-8H2,1-4H3. The minimum Gasteiger partial charge on any atom is -0.501 e. The van der Waals surface area contributed by atoms with Crippen molar-refractivity contribution in [3.05, 3.63) is 23.0 Å². The third kappa shape index (κ3) is 5.72. The van der Waals surface area contributed by atoms with Crippen LogP contribution in [0.15, 0.2) is 23.0 Å². The second kappa shape index (κ2) is 9.17. The summed E-state index contributed by atoms with van der Waals surface area (Å²) in [7, 11) is 0. The fourth-order valence-electron chi connectivity index (χ4n) is 1.97. The minimum atomic E-state index is -1.30. The maximum absolute atomic E-state index is 12.1. The van der Waals surface area contributed by atoms with E-state index >= 15 is 0 Å². The zero-order valence-electron chi connectivity index (χ0n) is 15.3. The third-order valence-electron chi connectivity index (χ3n) is 3.56. The van der Waals surface area contributed by atoms with Crippen LogP contribution in [0, 0.1) is 11.8 Å². The molecule has 0 saturated heterocycles. The number of esters is 2. The van der Waals surface area contributed by atoms with Gasteiger partial charge in [0.1, 0.15) is 0 Å². The van der Waals surface area contributed by atoms with Crippen LogP contribution in [0.4, 0.5) is 0 Å². The van der Waals surface area contributed by atoms with Crippen molar-refractivity contribution in [2.75, 3.05) is 0 Å². The van der Waals surface area contributed by atoms with Gasteiger partial charge in [-0.15, -0.1) is 0 Å². The molecule has 144 valence electrons. The Labute approximate surface area is 151 Å². The molecule has 0 aliphatic heterocycles. The highest BCUT2D eigenvalue weighted by Crippen LogP contribution is 2.25. The van der Waals surface area contributed by atoms with Crippen LogP contribution in [-0.2, 0) is 28.7 Å². The molecule has 0 aromatic rings. The third-order valence-corrected chi connectivity index (χ3v) is 3.56. The molecule has 0 saturated carbocycles. The van der Waals surface area contributed by atoms with Crippen molar-refractivity contribution >= 4 is 23.5 Å². The Bertz CT molecular complexity index is 609. The molecular weight excluding hydrogens is 344 g/mol. The molecule has 0 unspecified atom stereocenters. The minimum absolute atomic E-state index is 0.0303. The molecule has 0 fully saturated rings. The van der Waals surface area contributed by atoms with E-state index in [1.54, 1.807) is 0 Å². The number of aliphatic hydroxyl groups is 2. The Hall–Kier alpha value is -2.64. The maximum atomic E-state index is 12.1. The molecule has 0 atom stereocenters. The number of carbonyl (C=O) groups is 4.